The highest BCUT2D eigenvalue weighted by atomic mass is 16.5. The van der Waals surface area contributed by atoms with Gasteiger partial charge < -0.3 is 14.6 Å². The lowest BCUT2D eigenvalue weighted by molar-refractivity contribution is 0.123. The molecule has 3 rings (SSSR count). The smallest absolute Gasteiger partial charge is 0.140 e. The number of nitrogens with zero attached hydrogens (tertiary/aromatic N) is 3. The van der Waals surface area contributed by atoms with Crippen molar-refractivity contribution < 1.29 is 4.74 Å². The fourth-order valence-electron chi connectivity index (χ4n) is 2.03. The molecule has 1 saturated heterocycles. The number of fused-ring (bicyclic) bond motifs is 1. The van der Waals surface area contributed by atoms with Crippen LogP contribution in [0.4, 0.5) is 0 Å². The number of ether oxygens (including phenoxy) is 1. The lowest BCUT2D eigenvalue weighted by Gasteiger charge is -2.32. The highest BCUT2D eigenvalue weighted by Gasteiger charge is 2.21. The van der Waals surface area contributed by atoms with Crippen LogP contribution in [0.25, 0.3) is 0 Å². The lowest BCUT2D eigenvalue weighted by atomic mass is 10.2. The molecule has 0 bridgehead atoms. The second-order valence-corrected chi connectivity index (χ2v) is 3.98. The molecule has 1 aromatic rings. The zero-order valence-electron chi connectivity index (χ0n) is 9.47. The van der Waals surface area contributed by atoms with Gasteiger partial charge in [0.2, 0.25) is 0 Å². The third-order valence-corrected chi connectivity index (χ3v) is 2.85. The second-order valence-electron chi connectivity index (χ2n) is 3.98. The molecule has 5 heteroatoms. The van der Waals surface area contributed by atoms with Gasteiger partial charge in [-0.05, 0) is 12.2 Å². The molecular formula is C12H14N4O. The Bertz CT molecular complexity index is 473. The quantitative estimate of drug-likeness (QED) is 0.827. The van der Waals surface area contributed by atoms with Crippen LogP contribution in [0.1, 0.15) is 5.69 Å². The van der Waals surface area contributed by atoms with Crippen LogP contribution in [0.3, 0.4) is 0 Å². The summed E-state index contributed by atoms with van der Waals surface area (Å²) in [6.07, 6.45) is 9.43. The van der Waals surface area contributed by atoms with E-state index in [2.05, 4.69) is 19.9 Å². The first kappa shape index (κ1) is 10.1. The second kappa shape index (κ2) is 4.45. The Kier molecular flexibility index (Phi) is 2.65. The van der Waals surface area contributed by atoms with Gasteiger partial charge in [-0.1, -0.05) is 0 Å². The van der Waals surface area contributed by atoms with Crippen molar-refractivity contribution in [1.29, 1.82) is 0 Å². The minimum Gasteiger partial charge on any atom is -0.490 e. The fraction of sp³-hybridized carbons (Fsp3) is 0.333. The van der Waals surface area contributed by atoms with E-state index in [0.29, 0.717) is 6.54 Å². The summed E-state index contributed by atoms with van der Waals surface area (Å²) >= 11 is 0. The van der Waals surface area contributed by atoms with E-state index in [4.69, 9.17) is 4.74 Å². The van der Waals surface area contributed by atoms with Crippen LogP contribution in [0, 0.1) is 0 Å². The van der Waals surface area contributed by atoms with E-state index in [-0.39, 0.29) is 0 Å². The minimum atomic E-state index is 0.688. The van der Waals surface area contributed by atoms with Gasteiger partial charge in [0.05, 0.1) is 37.4 Å². The first-order chi connectivity index (χ1) is 8.43. The van der Waals surface area contributed by atoms with Crippen molar-refractivity contribution in [2.24, 2.45) is 4.99 Å². The molecule has 0 aromatic carbocycles. The van der Waals surface area contributed by atoms with Crippen LogP contribution in [-0.4, -0.2) is 40.8 Å². The number of H-pyrrole nitrogens is 1. The number of hydrogen-bond acceptors (Lipinski definition) is 4. The number of nitrogens with one attached hydrogen (secondary N) is 1. The molecule has 0 amide bonds. The van der Waals surface area contributed by atoms with Gasteiger partial charge in [-0.2, -0.15) is 0 Å². The maximum absolute atomic E-state index is 5.66. The van der Waals surface area contributed by atoms with Gasteiger partial charge in [-0.15, -0.1) is 0 Å². The lowest BCUT2D eigenvalue weighted by Crippen LogP contribution is -2.33. The van der Waals surface area contributed by atoms with Crippen LogP contribution < -0.4 is 0 Å². The summed E-state index contributed by atoms with van der Waals surface area (Å²) in [7, 11) is 0. The average Bonchev–Trinajstić information content (AvgIpc) is 2.73. The van der Waals surface area contributed by atoms with Crippen LogP contribution in [-0.2, 0) is 11.3 Å². The number of aromatic amines is 1. The fourth-order valence-corrected chi connectivity index (χ4v) is 2.03. The zero-order valence-corrected chi connectivity index (χ0v) is 9.47. The van der Waals surface area contributed by atoms with Gasteiger partial charge in [0.25, 0.3) is 0 Å². The van der Waals surface area contributed by atoms with Crippen molar-refractivity contribution in [3.8, 4) is 0 Å². The highest BCUT2D eigenvalue weighted by Crippen LogP contribution is 2.23. The molecule has 1 N–H and O–H groups in total. The predicted octanol–water partition coefficient (Wildman–Crippen LogP) is 1.09. The molecule has 3 heterocycles. The van der Waals surface area contributed by atoms with E-state index in [1.807, 2.05) is 24.6 Å². The number of rotatable bonds is 2. The van der Waals surface area contributed by atoms with Crippen molar-refractivity contribution >= 4 is 6.21 Å². The predicted molar refractivity (Wildman–Crippen MR) is 64.5 cm³/mol. The number of aliphatic imine (C=N–C) groups is 1. The SMILES string of the molecule is C1=NCC=C2OCCN(Cc3cnc[nH]3)C2=C1. The van der Waals surface area contributed by atoms with Gasteiger partial charge in [0.1, 0.15) is 12.4 Å². The van der Waals surface area contributed by atoms with Gasteiger partial charge in [0.15, 0.2) is 0 Å². The van der Waals surface area contributed by atoms with Gasteiger partial charge in [0, 0.05) is 12.4 Å². The number of imidazole rings is 1. The summed E-state index contributed by atoms with van der Waals surface area (Å²) in [6.45, 7) is 3.11. The number of aromatic nitrogens is 2. The van der Waals surface area contributed by atoms with Crippen molar-refractivity contribution in [3.05, 3.63) is 41.8 Å². The zero-order chi connectivity index (χ0) is 11.5. The molecule has 2 aliphatic heterocycles. The summed E-state index contributed by atoms with van der Waals surface area (Å²) < 4.78 is 5.66. The van der Waals surface area contributed by atoms with Gasteiger partial charge >= 0.3 is 0 Å². The van der Waals surface area contributed by atoms with E-state index < -0.39 is 0 Å². The maximum Gasteiger partial charge on any atom is 0.140 e. The molecule has 0 saturated carbocycles. The monoisotopic (exact) mass is 230 g/mol. The first-order valence-electron chi connectivity index (χ1n) is 5.69. The molecule has 0 aliphatic carbocycles. The summed E-state index contributed by atoms with van der Waals surface area (Å²) in [4.78, 5) is 13.7. The molecule has 1 aromatic heterocycles. The molecule has 0 atom stereocenters. The van der Waals surface area contributed by atoms with E-state index in [0.717, 1.165) is 36.8 Å². The van der Waals surface area contributed by atoms with Crippen LogP contribution in [0.15, 0.2) is 41.1 Å². The Morgan fingerprint density at radius 3 is 3.35 bits per heavy atom. The van der Waals surface area contributed by atoms with Crippen LogP contribution in [0.2, 0.25) is 0 Å². The van der Waals surface area contributed by atoms with Gasteiger partial charge in [-0.25, -0.2) is 4.98 Å². The van der Waals surface area contributed by atoms with E-state index >= 15 is 0 Å². The van der Waals surface area contributed by atoms with Crippen LogP contribution >= 0.6 is 0 Å². The molecule has 0 spiro atoms. The molecule has 0 unspecified atom stereocenters. The largest absolute Gasteiger partial charge is 0.490 e. The highest BCUT2D eigenvalue weighted by molar-refractivity contribution is 5.74. The van der Waals surface area contributed by atoms with Crippen molar-refractivity contribution in [1.82, 2.24) is 14.9 Å². The minimum absolute atomic E-state index is 0.688. The van der Waals surface area contributed by atoms with E-state index in [1.165, 1.54) is 0 Å². The normalized spacial score (nSPS) is 18.9. The van der Waals surface area contributed by atoms with Crippen molar-refractivity contribution in [2.45, 2.75) is 6.54 Å². The van der Waals surface area contributed by atoms with Gasteiger partial charge in [-0.3, -0.25) is 4.99 Å². The number of allylic oxidation sites excluding steroid dienone is 1. The third kappa shape index (κ3) is 2.08. The Labute approximate surface area is 99.5 Å². The summed E-state index contributed by atoms with van der Waals surface area (Å²) in [5, 5.41) is 0. The Balaban J connectivity index is 1.84. The summed E-state index contributed by atoms with van der Waals surface area (Å²) in [6, 6.07) is 0. The molecule has 2 aliphatic rings. The average molecular weight is 230 g/mol. The topological polar surface area (TPSA) is 53.5 Å². The Hall–Kier alpha value is -2.04. The standard InChI is InChI=1S/C12H14N4O/c1-3-13-4-2-12-11(1)16(5-6-17-12)8-10-7-14-9-15-10/h1-3,7,9H,4-6,8H2,(H,14,15). The van der Waals surface area contributed by atoms with Crippen molar-refractivity contribution in [3.63, 3.8) is 0 Å². The van der Waals surface area contributed by atoms with E-state index in [9.17, 15) is 0 Å². The molecule has 5 nitrogen and oxygen atoms in total. The van der Waals surface area contributed by atoms with Crippen molar-refractivity contribution in [2.75, 3.05) is 19.7 Å². The summed E-state index contributed by atoms with van der Waals surface area (Å²) in [5.74, 6) is 0.938. The molecule has 1 fully saturated rings. The molecule has 0 radical (unpaired) electrons. The summed E-state index contributed by atoms with van der Waals surface area (Å²) in [5.41, 5.74) is 2.21. The van der Waals surface area contributed by atoms with Crippen LogP contribution in [0.5, 0.6) is 0 Å². The molecule has 17 heavy (non-hydrogen) atoms. The number of morpholine rings is 1. The Morgan fingerprint density at radius 2 is 2.47 bits per heavy atom. The maximum atomic E-state index is 5.66. The van der Waals surface area contributed by atoms with E-state index in [1.54, 1.807) is 6.33 Å². The molecule has 88 valence electrons. The molecular weight excluding hydrogens is 216 g/mol. The number of hydrogen-bond donors (Lipinski definition) is 1. The Morgan fingerprint density at radius 1 is 1.47 bits per heavy atom. The first-order valence-corrected chi connectivity index (χ1v) is 5.69. The third-order valence-electron chi connectivity index (χ3n) is 2.85.